The molecule has 0 saturated heterocycles. The van der Waals surface area contributed by atoms with Gasteiger partial charge in [0, 0.05) is 22.0 Å². The van der Waals surface area contributed by atoms with Gasteiger partial charge >= 0.3 is 8.56 Å². The summed E-state index contributed by atoms with van der Waals surface area (Å²) in [5, 5.41) is 0. The van der Waals surface area contributed by atoms with Gasteiger partial charge in [-0.1, -0.05) is 25.3 Å². The number of rotatable bonds is 12. The first-order valence-corrected chi connectivity index (χ1v) is 16.3. The summed E-state index contributed by atoms with van der Waals surface area (Å²) < 4.78 is 12.4. The van der Waals surface area contributed by atoms with Crippen molar-refractivity contribution in [1.29, 1.82) is 0 Å². The van der Waals surface area contributed by atoms with E-state index in [0.717, 1.165) is 37.9 Å². The molecular weight excluding hydrogens is 298 g/mol. The van der Waals surface area contributed by atoms with Gasteiger partial charge in [-0.3, -0.25) is 0 Å². The molecule has 3 nitrogen and oxygen atoms in total. The van der Waals surface area contributed by atoms with Crippen LogP contribution < -0.4 is 5.73 Å². The topological polar surface area (TPSA) is 44.5 Å². The van der Waals surface area contributed by atoms with Gasteiger partial charge in [0.15, 0.2) is 0 Å². The van der Waals surface area contributed by atoms with Gasteiger partial charge in [-0.05, 0) is 38.5 Å². The van der Waals surface area contributed by atoms with Crippen LogP contribution in [-0.4, -0.2) is 45.2 Å². The Labute approximate surface area is 129 Å². The molecule has 0 aliphatic rings. The van der Waals surface area contributed by atoms with Crippen LogP contribution in [0.1, 0.15) is 20.3 Å². The number of nitrogens with two attached hydrogens (primary N) is 1. The molecule has 0 amide bonds. The third kappa shape index (κ3) is 7.33. The standard InChI is InChI=1S/C14H35NO2Si3/c1-7-16-20(17-8-2,12-10-11-15)14-19(6,9-3)13-18(4)5/h9,18H,3,7-8,10-15H2,1-2,4-6H3. The lowest BCUT2D eigenvalue weighted by atomic mass is 10.5. The Bertz CT molecular complexity index is 271. The van der Waals surface area contributed by atoms with Gasteiger partial charge in [0.05, 0.1) is 8.07 Å². The van der Waals surface area contributed by atoms with Gasteiger partial charge in [0.2, 0.25) is 0 Å². The molecule has 0 aromatic carbocycles. The maximum atomic E-state index is 6.21. The second kappa shape index (κ2) is 10.1. The van der Waals surface area contributed by atoms with Crippen molar-refractivity contribution in [1.82, 2.24) is 0 Å². The Kier molecular flexibility index (Phi) is 10.2. The Morgan fingerprint density at radius 3 is 2.10 bits per heavy atom. The van der Waals surface area contributed by atoms with Crippen LogP contribution >= 0.6 is 0 Å². The first-order chi connectivity index (χ1) is 9.37. The molecule has 0 bridgehead atoms. The van der Waals surface area contributed by atoms with Crippen molar-refractivity contribution in [2.75, 3.05) is 19.8 Å². The highest BCUT2D eigenvalue weighted by molar-refractivity contribution is 6.99. The Balaban J connectivity index is 5.10. The number of hydrogen-bond acceptors (Lipinski definition) is 3. The van der Waals surface area contributed by atoms with Crippen LogP contribution in [0.4, 0.5) is 0 Å². The van der Waals surface area contributed by atoms with Crippen LogP contribution in [0.2, 0.25) is 37.0 Å². The van der Waals surface area contributed by atoms with Crippen LogP contribution in [0.25, 0.3) is 0 Å². The fourth-order valence-corrected chi connectivity index (χ4v) is 22.2. The quantitative estimate of drug-likeness (QED) is 0.558. The predicted molar refractivity (Wildman–Crippen MR) is 97.8 cm³/mol. The zero-order valence-corrected chi connectivity index (χ0v) is 17.4. The summed E-state index contributed by atoms with van der Waals surface area (Å²) in [5.41, 5.74) is 10.5. The van der Waals surface area contributed by atoms with Crippen molar-refractivity contribution >= 4 is 25.4 Å². The molecule has 0 aliphatic heterocycles. The lowest BCUT2D eigenvalue weighted by molar-refractivity contribution is 0.186. The monoisotopic (exact) mass is 333 g/mol. The smallest absolute Gasteiger partial charge is 0.335 e. The third-order valence-electron chi connectivity index (χ3n) is 3.62. The van der Waals surface area contributed by atoms with Crippen molar-refractivity contribution in [3.63, 3.8) is 0 Å². The van der Waals surface area contributed by atoms with Gasteiger partial charge in [-0.15, -0.1) is 12.3 Å². The molecule has 0 aromatic heterocycles. The zero-order valence-electron chi connectivity index (χ0n) is 14.2. The SMILES string of the molecule is C=C[Si](C)(C[SiH](C)C)C[Si](CCCN)(OCC)OCC. The molecule has 0 rings (SSSR count). The van der Waals surface area contributed by atoms with Gasteiger partial charge in [-0.25, -0.2) is 0 Å². The second-order valence-electron chi connectivity index (χ2n) is 6.30. The largest absolute Gasteiger partial charge is 0.395 e. The molecule has 2 N–H and O–H groups in total. The summed E-state index contributed by atoms with van der Waals surface area (Å²) >= 11 is 0. The van der Waals surface area contributed by atoms with E-state index in [2.05, 4.69) is 45.8 Å². The molecule has 0 radical (unpaired) electrons. The van der Waals surface area contributed by atoms with E-state index in [1.165, 1.54) is 5.67 Å². The summed E-state index contributed by atoms with van der Waals surface area (Å²) in [7, 11) is -4.15. The average Bonchev–Trinajstić information content (AvgIpc) is 2.36. The van der Waals surface area contributed by atoms with Crippen molar-refractivity contribution < 1.29 is 8.85 Å². The first kappa shape index (κ1) is 20.3. The first-order valence-electron chi connectivity index (χ1n) is 7.98. The average molecular weight is 334 g/mol. The van der Waals surface area contributed by atoms with E-state index in [-0.39, 0.29) is 0 Å². The normalized spacial score (nSPS) is 15.3. The zero-order chi connectivity index (χ0) is 15.6. The minimum Gasteiger partial charge on any atom is -0.395 e. The van der Waals surface area contributed by atoms with Crippen LogP contribution in [-0.2, 0) is 8.85 Å². The molecule has 120 valence electrons. The van der Waals surface area contributed by atoms with Crippen LogP contribution in [0.15, 0.2) is 12.3 Å². The molecule has 0 saturated carbocycles. The van der Waals surface area contributed by atoms with Crippen LogP contribution in [0, 0.1) is 0 Å². The van der Waals surface area contributed by atoms with Gasteiger partial charge in [0.1, 0.15) is 0 Å². The van der Waals surface area contributed by atoms with E-state index in [9.17, 15) is 0 Å². The molecule has 0 aliphatic carbocycles. The number of hydrogen-bond donors (Lipinski definition) is 1. The molecule has 0 spiro atoms. The van der Waals surface area contributed by atoms with Gasteiger partial charge in [-0.2, -0.15) is 0 Å². The van der Waals surface area contributed by atoms with Gasteiger partial charge < -0.3 is 14.6 Å². The maximum absolute atomic E-state index is 6.21. The maximum Gasteiger partial charge on any atom is 0.335 e. The van der Waals surface area contributed by atoms with E-state index in [0.29, 0.717) is 0 Å². The molecule has 0 heterocycles. The predicted octanol–water partition coefficient (Wildman–Crippen LogP) is 3.22. The highest BCUT2D eigenvalue weighted by atomic mass is 28.4. The molecule has 0 fully saturated rings. The summed E-state index contributed by atoms with van der Waals surface area (Å²) in [6.07, 6.45) is 1.01. The Morgan fingerprint density at radius 1 is 1.20 bits per heavy atom. The van der Waals surface area contributed by atoms with Crippen LogP contribution in [0.5, 0.6) is 0 Å². The Hall–Kier alpha value is 0.271. The molecule has 0 aromatic rings. The molecule has 1 unspecified atom stereocenters. The molecular formula is C14H35NO2Si3. The van der Waals surface area contributed by atoms with E-state index in [1.807, 2.05) is 0 Å². The fraction of sp³-hybridized carbons (Fsp3) is 0.857. The van der Waals surface area contributed by atoms with E-state index >= 15 is 0 Å². The summed E-state index contributed by atoms with van der Waals surface area (Å²) in [6, 6.07) is 1.03. The van der Waals surface area contributed by atoms with Crippen molar-refractivity contribution in [3.8, 4) is 0 Å². The van der Waals surface area contributed by atoms with Crippen molar-refractivity contribution in [2.24, 2.45) is 5.73 Å². The molecule has 1 atom stereocenters. The second-order valence-corrected chi connectivity index (χ2v) is 18.8. The summed E-state index contributed by atoms with van der Waals surface area (Å²) in [4.78, 5) is 0. The summed E-state index contributed by atoms with van der Waals surface area (Å²) in [6.45, 7) is 17.8. The summed E-state index contributed by atoms with van der Waals surface area (Å²) in [5.74, 6) is 0. The lowest BCUT2D eigenvalue weighted by Crippen LogP contribution is -2.51. The minimum atomic E-state index is -2.11. The third-order valence-corrected chi connectivity index (χ3v) is 19.7. The van der Waals surface area contributed by atoms with Crippen molar-refractivity contribution in [3.05, 3.63) is 12.3 Å². The molecule has 6 heteroatoms. The van der Waals surface area contributed by atoms with E-state index < -0.39 is 25.4 Å². The van der Waals surface area contributed by atoms with Crippen molar-refractivity contribution in [2.45, 2.75) is 57.3 Å². The fourth-order valence-electron chi connectivity index (χ4n) is 3.05. The highest BCUT2D eigenvalue weighted by Gasteiger charge is 2.43. The lowest BCUT2D eigenvalue weighted by Gasteiger charge is -2.37. The Morgan fingerprint density at radius 2 is 1.75 bits per heavy atom. The van der Waals surface area contributed by atoms with E-state index in [1.54, 1.807) is 0 Å². The van der Waals surface area contributed by atoms with Crippen LogP contribution in [0.3, 0.4) is 0 Å². The van der Waals surface area contributed by atoms with Gasteiger partial charge in [0.25, 0.3) is 0 Å². The minimum absolute atomic E-state index is 0.593. The van der Waals surface area contributed by atoms with E-state index in [4.69, 9.17) is 14.6 Å². The highest BCUT2D eigenvalue weighted by Crippen LogP contribution is 2.30. The molecule has 20 heavy (non-hydrogen) atoms.